The molecule has 0 unspecified atom stereocenters. The van der Waals surface area contributed by atoms with Gasteiger partial charge in [0.25, 0.3) is 0 Å². The van der Waals surface area contributed by atoms with Gasteiger partial charge in [-0.15, -0.1) is 0 Å². The standard InChI is InChI=1S/C19H30O3/c1-3-5-6-7-8-14-21-15-16-22-19(20)18-12-10-17(9-4-2)11-13-18/h10-13H,3-9,14-16H2,1-2H3. The molecular weight excluding hydrogens is 276 g/mol. The number of ether oxygens (including phenoxy) is 2. The van der Waals surface area contributed by atoms with Gasteiger partial charge in [-0.3, -0.25) is 0 Å². The second kappa shape index (κ2) is 12.2. The number of hydrogen-bond acceptors (Lipinski definition) is 3. The van der Waals surface area contributed by atoms with Crippen LogP contribution in [0.4, 0.5) is 0 Å². The molecule has 0 fully saturated rings. The summed E-state index contributed by atoms with van der Waals surface area (Å²) in [6.45, 7) is 5.92. The zero-order valence-corrected chi connectivity index (χ0v) is 14.1. The van der Waals surface area contributed by atoms with Gasteiger partial charge in [0.2, 0.25) is 0 Å². The topological polar surface area (TPSA) is 35.5 Å². The van der Waals surface area contributed by atoms with Crippen LogP contribution in [0.2, 0.25) is 0 Å². The average molecular weight is 306 g/mol. The number of carbonyl (C=O) groups excluding carboxylic acids is 1. The van der Waals surface area contributed by atoms with Crippen LogP contribution in [-0.2, 0) is 15.9 Å². The van der Waals surface area contributed by atoms with Crippen LogP contribution >= 0.6 is 0 Å². The molecule has 1 rings (SSSR count). The Morgan fingerprint density at radius 1 is 0.864 bits per heavy atom. The summed E-state index contributed by atoms with van der Waals surface area (Å²) in [5, 5.41) is 0. The molecule has 0 spiro atoms. The summed E-state index contributed by atoms with van der Waals surface area (Å²) in [5.74, 6) is -0.269. The molecule has 0 N–H and O–H groups in total. The minimum Gasteiger partial charge on any atom is -0.460 e. The van der Waals surface area contributed by atoms with E-state index in [1.54, 1.807) is 0 Å². The third kappa shape index (κ3) is 8.18. The molecule has 0 aliphatic heterocycles. The van der Waals surface area contributed by atoms with Gasteiger partial charge in [0.1, 0.15) is 6.61 Å². The Labute approximate surface area is 135 Å². The normalized spacial score (nSPS) is 10.6. The van der Waals surface area contributed by atoms with E-state index in [0.717, 1.165) is 25.9 Å². The van der Waals surface area contributed by atoms with Crippen LogP contribution < -0.4 is 0 Å². The van der Waals surface area contributed by atoms with Crippen molar-refractivity contribution >= 4 is 5.97 Å². The lowest BCUT2D eigenvalue weighted by Crippen LogP contribution is -2.11. The number of esters is 1. The quantitative estimate of drug-likeness (QED) is 0.412. The molecule has 3 nitrogen and oxygen atoms in total. The van der Waals surface area contributed by atoms with Crippen molar-refractivity contribution in [2.75, 3.05) is 19.8 Å². The fraction of sp³-hybridized carbons (Fsp3) is 0.632. The van der Waals surface area contributed by atoms with E-state index in [9.17, 15) is 4.79 Å². The van der Waals surface area contributed by atoms with Gasteiger partial charge in [-0.05, 0) is 30.5 Å². The van der Waals surface area contributed by atoms with Crippen LogP contribution in [0.5, 0.6) is 0 Å². The number of carbonyl (C=O) groups is 1. The van der Waals surface area contributed by atoms with Crippen molar-refractivity contribution in [2.45, 2.75) is 58.8 Å². The number of hydrogen-bond donors (Lipinski definition) is 0. The Hall–Kier alpha value is -1.35. The second-order valence-electron chi connectivity index (χ2n) is 5.61. The molecule has 0 saturated carbocycles. The van der Waals surface area contributed by atoms with Crippen LogP contribution in [0, 0.1) is 0 Å². The number of rotatable bonds is 12. The lowest BCUT2D eigenvalue weighted by Gasteiger charge is -2.07. The Kier molecular flexibility index (Phi) is 10.4. The lowest BCUT2D eigenvalue weighted by atomic mass is 10.1. The van der Waals surface area contributed by atoms with Gasteiger partial charge in [-0.1, -0.05) is 58.1 Å². The van der Waals surface area contributed by atoms with Gasteiger partial charge in [-0.2, -0.15) is 0 Å². The van der Waals surface area contributed by atoms with Crippen LogP contribution in [0.15, 0.2) is 24.3 Å². The molecule has 0 bridgehead atoms. The van der Waals surface area contributed by atoms with E-state index in [1.807, 2.05) is 24.3 Å². The average Bonchev–Trinajstić information content (AvgIpc) is 2.54. The molecule has 0 aliphatic carbocycles. The molecule has 22 heavy (non-hydrogen) atoms. The number of benzene rings is 1. The summed E-state index contributed by atoms with van der Waals surface area (Å²) >= 11 is 0. The molecule has 1 aromatic carbocycles. The highest BCUT2D eigenvalue weighted by atomic mass is 16.6. The van der Waals surface area contributed by atoms with E-state index >= 15 is 0 Å². The summed E-state index contributed by atoms with van der Waals surface area (Å²) in [6, 6.07) is 7.66. The van der Waals surface area contributed by atoms with E-state index in [4.69, 9.17) is 9.47 Å². The summed E-state index contributed by atoms with van der Waals surface area (Å²) in [7, 11) is 0. The fourth-order valence-electron chi connectivity index (χ4n) is 2.28. The van der Waals surface area contributed by atoms with Crippen molar-refractivity contribution in [3.05, 3.63) is 35.4 Å². The zero-order chi connectivity index (χ0) is 16.0. The van der Waals surface area contributed by atoms with E-state index in [-0.39, 0.29) is 5.97 Å². The minimum absolute atomic E-state index is 0.269. The highest BCUT2D eigenvalue weighted by Crippen LogP contribution is 2.08. The van der Waals surface area contributed by atoms with E-state index in [1.165, 1.54) is 31.2 Å². The maximum Gasteiger partial charge on any atom is 0.338 e. The van der Waals surface area contributed by atoms with Crippen molar-refractivity contribution in [1.82, 2.24) is 0 Å². The van der Waals surface area contributed by atoms with Crippen LogP contribution in [-0.4, -0.2) is 25.8 Å². The molecule has 0 heterocycles. The van der Waals surface area contributed by atoms with Gasteiger partial charge >= 0.3 is 5.97 Å². The highest BCUT2D eigenvalue weighted by Gasteiger charge is 2.06. The SMILES string of the molecule is CCCCCCCOCCOC(=O)c1ccc(CCC)cc1. The van der Waals surface area contributed by atoms with Crippen molar-refractivity contribution in [1.29, 1.82) is 0 Å². The Morgan fingerprint density at radius 2 is 1.59 bits per heavy atom. The summed E-state index contributed by atoms with van der Waals surface area (Å²) in [6.07, 6.45) is 8.30. The predicted molar refractivity (Wildman–Crippen MR) is 90.3 cm³/mol. The molecule has 1 aromatic rings. The first-order valence-corrected chi connectivity index (χ1v) is 8.61. The molecule has 0 aromatic heterocycles. The first kappa shape index (κ1) is 18.7. The third-order valence-electron chi connectivity index (χ3n) is 3.58. The smallest absolute Gasteiger partial charge is 0.338 e. The molecule has 0 amide bonds. The highest BCUT2D eigenvalue weighted by molar-refractivity contribution is 5.89. The van der Waals surface area contributed by atoms with Gasteiger partial charge in [0.15, 0.2) is 0 Å². The molecule has 0 saturated heterocycles. The predicted octanol–water partition coefficient (Wildman–Crippen LogP) is 4.78. The molecule has 3 heteroatoms. The summed E-state index contributed by atoms with van der Waals surface area (Å²) < 4.78 is 10.7. The van der Waals surface area contributed by atoms with Crippen molar-refractivity contribution in [3.63, 3.8) is 0 Å². The Morgan fingerprint density at radius 3 is 2.27 bits per heavy atom. The first-order chi connectivity index (χ1) is 10.8. The molecular formula is C19H30O3. The summed E-state index contributed by atoms with van der Waals surface area (Å²) in [4.78, 5) is 11.8. The maximum absolute atomic E-state index is 11.8. The zero-order valence-electron chi connectivity index (χ0n) is 14.1. The van der Waals surface area contributed by atoms with Crippen LogP contribution in [0.3, 0.4) is 0 Å². The van der Waals surface area contributed by atoms with E-state index < -0.39 is 0 Å². The maximum atomic E-state index is 11.8. The van der Waals surface area contributed by atoms with Crippen molar-refractivity contribution in [2.24, 2.45) is 0 Å². The van der Waals surface area contributed by atoms with Gasteiger partial charge in [-0.25, -0.2) is 4.79 Å². The molecule has 124 valence electrons. The van der Waals surface area contributed by atoms with Crippen molar-refractivity contribution < 1.29 is 14.3 Å². The lowest BCUT2D eigenvalue weighted by molar-refractivity contribution is 0.0312. The Bertz CT molecular complexity index is 398. The molecule has 0 aliphatic rings. The van der Waals surface area contributed by atoms with Gasteiger partial charge in [0, 0.05) is 6.61 Å². The van der Waals surface area contributed by atoms with E-state index in [2.05, 4.69) is 13.8 Å². The Balaban J connectivity index is 2.08. The minimum atomic E-state index is -0.269. The fourth-order valence-corrected chi connectivity index (χ4v) is 2.28. The van der Waals surface area contributed by atoms with Gasteiger partial charge < -0.3 is 9.47 Å². The third-order valence-corrected chi connectivity index (χ3v) is 3.58. The van der Waals surface area contributed by atoms with Crippen LogP contribution in [0.1, 0.15) is 68.3 Å². The summed E-state index contributed by atoms with van der Waals surface area (Å²) in [5.41, 5.74) is 1.87. The largest absolute Gasteiger partial charge is 0.460 e. The number of unbranched alkanes of at least 4 members (excludes halogenated alkanes) is 4. The first-order valence-electron chi connectivity index (χ1n) is 8.61. The molecule has 0 atom stereocenters. The monoisotopic (exact) mass is 306 g/mol. The number of aryl methyl sites for hydroxylation is 1. The van der Waals surface area contributed by atoms with E-state index in [0.29, 0.717) is 18.8 Å². The van der Waals surface area contributed by atoms with Gasteiger partial charge in [0.05, 0.1) is 12.2 Å². The van der Waals surface area contributed by atoms with Crippen LogP contribution in [0.25, 0.3) is 0 Å². The molecule has 0 radical (unpaired) electrons. The van der Waals surface area contributed by atoms with Crippen molar-refractivity contribution in [3.8, 4) is 0 Å². The second-order valence-corrected chi connectivity index (χ2v) is 5.61.